The number of rotatable bonds is 4. The van der Waals surface area contributed by atoms with Crippen LogP contribution < -0.4 is 5.32 Å². The average Bonchev–Trinajstić information content (AvgIpc) is 2.12. The zero-order chi connectivity index (χ0) is 12.2. The van der Waals surface area contributed by atoms with E-state index in [1.165, 1.54) is 0 Å². The van der Waals surface area contributed by atoms with Crippen LogP contribution in [0, 0.1) is 5.41 Å². The second-order valence-corrected chi connectivity index (χ2v) is 5.00. The third-order valence-corrected chi connectivity index (χ3v) is 2.52. The maximum Gasteiger partial charge on any atom is 0.325 e. The van der Waals surface area contributed by atoms with E-state index in [1.54, 1.807) is 0 Å². The first-order chi connectivity index (χ1) is 7.43. The number of esters is 1. The molecule has 0 aromatic heterocycles. The lowest BCUT2D eigenvalue weighted by Crippen LogP contribution is -2.29. The lowest BCUT2D eigenvalue weighted by molar-refractivity contribution is -0.141. The summed E-state index contributed by atoms with van der Waals surface area (Å²) >= 11 is 0. The molecule has 0 radical (unpaired) electrons. The zero-order valence-corrected chi connectivity index (χ0v) is 10.4. The van der Waals surface area contributed by atoms with Crippen LogP contribution in [0.5, 0.6) is 0 Å². The van der Waals surface area contributed by atoms with Gasteiger partial charge in [-0.3, -0.25) is 4.79 Å². The second-order valence-electron chi connectivity index (χ2n) is 5.00. The van der Waals surface area contributed by atoms with Gasteiger partial charge >= 0.3 is 5.97 Å². The molecule has 0 heterocycles. The quantitative estimate of drug-likeness (QED) is 0.744. The molecule has 1 rings (SSSR count). The number of allylic oxidation sites excluding steroid dienone is 3. The monoisotopic (exact) mass is 223 g/mol. The minimum Gasteiger partial charge on any atom is -0.465 e. The van der Waals surface area contributed by atoms with E-state index >= 15 is 0 Å². The number of hydrogen-bond donors (Lipinski definition) is 1. The maximum atomic E-state index is 11.2. The zero-order valence-electron chi connectivity index (χ0n) is 10.4. The molecule has 0 aromatic carbocycles. The van der Waals surface area contributed by atoms with Crippen molar-refractivity contribution in [1.29, 1.82) is 0 Å². The van der Waals surface area contributed by atoms with Crippen molar-refractivity contribution >= 4 is 5.97 Å². The Morgan fingerprint density at radius 1 is 1.56 bits per heavy atom. The van der Waals surface area contributed by atoms with E-state index in [0.717, 1.165) is 24.1 Å². The number of carbonyl (C=O) groups excluding carboxylic acids is 1. The number of hydrogen-bond acceptors (Lipinski definition) is 3. The third-order valence-electron chi connectivity index (χ3n) is 2.52. The number of carbonyl (C=O) groups is 1. The summed E-state index contributed by atoms with van der Waals surface area (Å²) in [6, 6.07) is 0. The van der Waals surface area contributed by atoms with Gasteiger partial charge in [0.05, 0.1) is 6.61 Å². The smallest absolute Gasteiger partial charge is 0.325 e. The molecule has 0 atom stereocenters. The van der Waals surface area contributed by atoms with E-state index in [4.69, 9.17) is 4.74 Å². The number of nitrogens with one attached hydrogen (secondary N) is 1. The highest BCUT2D eigenvalue weighted by Crippen LogP contribution is 2.36. The van der Waals surface area contributed by atoms with Crippen molar-refractivity contribution in [3.05, 3.63) is 23.9 Å². The first-order valence-electron chi connectivity index (χ1n) is 5.71. The highest BCUT2D eigenvalue weighted by Gasteiger charge is 2.24. The maximum absolute atomic E-state index is 11.2. The first kappa shape index (κ1) is 12.8. The van der Waals surface area contributed by atoms with Gasteiger partial charge in [-0.15, -0.1) is 0 Å². The first-order valence-corrected chi connectivity index (χ1v) is 5.71. The molecule has 0 fully saturated rings. The Balaban J connectivity index is 2.48. The Kier molecular flexibility index (Phi) is 4.16. The molecule has 1 aliphatic rings. The Morgan fingerprint density at radius 2 is 2.25 bits per heavy atom. The summed E-state index contributed by atoms with van der Waals surface area (Å²) in [5.74, 6) is -0.211. The van der Waals surface area contributed by atoms with Gasteiger partial charge in [-0.05, 0) is 31.3 Å². The molecule has 1 aliphatic carbocycles. The van der Waals surface area contributed by atoms with Crippen molar-refractivity contribution in [2.24, 2.45) is 5.41 Å². The summed E-state index contributed by atoms with van der Waals surface area (Å²) in [4.78, 5) is 11.2. The molecule has 3 heteroatoms. The van der Waals surface area contributed by atoms with Gasteiger partial charge in [0.2, 0.25) is 0 Å². The molecule has 0 amide bonds. The molecule has 16 heavy (non-hydrogen) atoms. The summed E-state index contributed by atoms with van der Waals surface area (Å²) in [6.45, 7) is 10.9. The van der Waals surface area contributed by atoms with E-state index in [-0.39, 0.29) is 17.9 Å². The molecular weight excluding hydrogens is 202 g/mol. The van der Waals surface area contributed by atoms with Gasteiger partial charge in [0.25, 0.3) is 0 Å². The van der Waals surface area contributed by atoms with Gasteiger partial charge in [-0.1, -0.05) is 26.0 Å². The molecule has 0 unspecified atom stereocenters. The molecule has 90 valence electrons. The van der Waals surface area contributed by atoms with E-state index in [9.17, 15) is 4.79 Å². The Morgan fingerprint density at radius 3 is 2.81 bits per heavy atom. The third kappa shape index (κ3) is 4.09. The molecule has 0 bridgehead atoms. The molecule has 1 N–H and O–H groups in total. The van der Waals surface area contributed by atoms with E-state index in [2.05, 4.69) is 25.7 Å². The van der Waals surface area contributed by atoms with Crippen molar-refractivity contribution in [2.45, 2.75) is 33.6 Å². The second kappa shape index (κ2) is 5.19. The Hall–Kier alpha value is -1.25. The van der Waals surface area contributed by atoms with Gasteiger partial charge in [0, 0.05) is 5.70 Å². The van der Waals surface area contributed by atoms with Crippen LogP contribution in [0.4, 0.5) is 0 Å². The molecule has 3 nitrogen and oxygen atoms in total. The number of ether oxygens (including phenoxy) is 1. The summed E-state index contributed by atoms with van der Waals surface area (Å²) in [5.41, 5.74) is 2.42. The minimum atomic E-state index is -0.211. The minimum absolute atomic E-state index is 0.211. The van der Waals surface area contributed by atoms with Gasteiger partial charge in [0.15, 0.2) is 0 Å². The fourth-order valence-electron chi connectivity index (χ4n) is 2.05. The van der Waals surface area contributed by atoms with E-state index in [1.807, 2.05) is 13.0 Å². The van der Waals surface area contributed by atoms with Crippen LogP contribution in [-0.2, 0) is 9.53 Å². The predicted octanol–water partition coefficient (Wildman–Crippen LogP) is 2.40. The summed E-state index contributed by atoms with van der Waals surface area (Å²) in [7, 11) is 0. The van der Waals surface area contributed by atoms with Gasteiger partial charge in [-0.2, -0.15) is 0 Å². The largest absolute Gasteiger partial charge is 0.465 e. The molecule has 0 aliphatic heterocycles. The predicted molar refractivity (Wildman–Crippen MR) is 64.9 cm³/mol. The van der Waals surface area contributed by atoms with Crippen LogP contribution in [0.15, 0.2) is 23.9 Å². The molecule has 0 spiro atoms. The lowest BCUT2D eigenvalue weighted by atomic mass is 9.77. The standard InChI is InChI=1S/C13H21NO2/c1-5-16-12(15)9-14-11-6-10(2)7-13(3,4)8-11/h6,14H,2,5,7-9H2,1,3-4H3. The van der Waals surface area contributed by atoms with Crippen molar-refractivity contribution in [3.8, 4) is 0 Å². The van der Waals surface area contributed by atoms with Crippen molar-refractivity contribution in [2.75, 3.05) is 13.2 Å². The topological polar surface area (TPSA) is 38.3 Å². The highest BCUT2D eigenvalue weighted by molar-refractivity contribution is 5.71. The molecule has 0 saturated carbocycles. The van der Waals surface area contributed by atoms with Gasteiger partial charge in [-0.25, -0.2) is 0 Å². The fourth-order valence-corrected chi connectivity index (χ4v) is 2.05. The van der Waals surface area contributed by atoms with Crippen LogP contribution in [0.2, 0.25) is 0 Å². The van der Waals surface area contributed by atoms with Crippen molar-refractivity contribution in [1.82, 2.24) is 5.32 Å². The van der Waals surface area contributed by atoms with Gasteiger partial charge in [0.1, 0.15) is 6.54 Å². The lowest BCUT2D eigenvalue weighted by Gasteiger charge is -2.31. The average molecular weight is 223 g/mol. The molecular formula is C13H21NO2. The molecule has 0 saturated heterocycles. The van der Waals surface area contributed by atoms with E-state index in [0.29, 0.717) is 6.61 Å². The van der Waals surface area contributed by atoms with Crippen LogP contribution in [0.25, 0.3) is 0 Å². The summed E-state index contributed by atoms with van der Waals surface area (Å²) in [6.07, 6.45) is 3.99. The van der Waals surface area contributed by atoms with E-state index < -0.39 is 0 Å². The highest BCUT2D eigenvalue weighted by atomic mass is 16.5. The Labute approximate surface area is 97.6 Å². The summed E-state index contributed by atoms with van der Waals surface area (Å²) in [5, 5.41) is 3.12. The summed E-state index contributed by atoms with van der Waals surface area (Å²) < 4.78 is 4.86. The van der Waals surface area contributed by atoms with Crippen LogP contribution in [0.1, 0.15) is 33.6 Å². The fraction of sp³-hybridized carbons (Fsp3) is 0.615. The van der Waals surface area contributed by atoms with Crippen molar-refractivity contribution < 1.29 is 9.53 Å². The van der Waals surface area contributed by atoms with Crippen LogP contribution in [0.3, 0.4) is 0 Å². The SMILES string of the molecule is C=C1C=C(NCC(=O)OCC)CC(C)(C)C1. The van der Waals surface area contributed by atoms with Crippen molar-refractivity contribution in [3.63, 3.8) is 0 Å². The van der Waals surface area contributed by atoms with Crippen LogP contribution in [-0.4, -0.2) is 19.1 Å². The Bertz CT molecular complexity index is 316. The van der Waals surface area contributed by atoms with Crippen LogP contribution >= 0.6 is 0 Å². The van der Waals surface area contributed by atoms with Gasteiger partial charge < -0.3 is 10.1 Å². The molecule has 0 aromatic rings. The normalized spacial score (nSPS) is 18.9.